The van der Waals surface area contributed by atoms with Gasteiger partial charge in [-0.2, -0.15) is 10.2 Å². The Balaban J connectivity index is 2.06. The lowest BCUT2D eigenvalue weighted by Crippen LogP contribution is -2.14. The van der Waals surface area contributed by atoms with Gasteiger partial charge in [0.25, 0.3) is 0 Å². The molecule has 0 spiro atoms. The normalized spacial score (nSPS) is 12.0. The topological polar surface area (TPSA) is 59.6 Å². The predicted octanol–water partition coefficient (Wildman–Crippen LogP) is 3.72. The van der Waals surface area contributed by atoms with E-state index in [9.17, 15) is 4.79 Å². The van der Waals surface area contributed by atoms with Crippen molar-refractivity contribution in [2.45, 2.75) is 6.92 Å². The highest BCUT2D eigenvalue weighted by molar-refractivity contribution is 7.10. The minimum atomic E-state index is -0.130. The number of nitrogens with zero attached hydrogens (tertiary/aromatic N) is 4. The SMILES string of the molecule is CC(=O)c1nn(-c2ccccc2Cl)/c(=N\N=C/c2ccccc2)s1. The highest BCUT2D eigenvalue weighted by atomic mass is 35.5. The molecule has 0 bridgehead atoms. The van der Waals surface area contributed by atoms with Gasteiger partial charge in [-0.25, -0.2) is 4.68 Å². The Morgan fingerprint density at radius 1 is 1.17 bits per heavy atom. The van der Waals surface area contributed by atoms with Crippen LogP contribution in [0, 0.1) is 0 Å². The molecule has 5 nitrogen and oxygen atoms in total. The van der Waals surface area contributed by atoms with E-state index >= 15 is 0 Å². The average molecular weight is 357 g/mol. The highest BCUT2D eigenvalue weighted by Crippen LogP contribution is 2.18. The Labute approximate surface area is 147 Å². The third kappa shape index (κ3) is 3.67. The van der Waals surface area contributed by atoms with Gasteiger partial charge >= 0.3 is 0 Å². The number of hydrogen-bond acceptors (Lipinski definition) is 5. The zero-order valence-corrected chi connectivity index (χ0v) is 14.3. The fraction of sp³-hybridized carbons (Fsp3) is 0.0588. The Bertz CT molecular complexity index is 960. The van der Waals surface area contributed by atoms with Crippen molar-refractivity contribution in [3.05, 3.63) is 75.0 Å². The molecule has 0 aliphatic carbocycles. The van der Waals surface area contributed by atoms with E-state index in [1.807, 2.05) is 48.5 Å². The van der Waals surface area contributed by atoms with Crippen LogP contribution in [0.25, 0.3) is 5.69 Å². The van der Waals surface area contributed by atoms with Gasteiger partial charge in [0.2, 0.25) is 4.80 Å². The van der Waals surface area contributed by atoms with Gasteiger partial charge in [-0.1, -0.05) is 65.4 Å². The van der Waals surface area contributed by atoms with Gasteiger partial charge in [0.05, 0.1) is 16.9 Å². The maximum absolute atomic E-state index is 11.6. The maximum atomic E-state index is 11.6. The van der Waals surface area contributed by atoms with Gasteiger partial charge < -0.3 is 0 Å². The monoisotopic (exact) mass is 356 g/mol. The molecular weight excluding hydrogens is 344 g/mol. The number of hydrogen-bond donors (Lipinski definition) is 0. The largest absolute Gasteiger partial charge is 0.292 e. The standard InChI is InChI=1S/C17H13ClN4OS/c1-12(23)16-21-22(15-10-6-5-9-14(15)18)17(24-16)20-19-11-13-7-3-2-4-8-13/h2-11H,1H3/b19-11-,20-17+. The maximum Gasteiger partial charge on any atom is 0.233 e. The molecule has 120 valence electrons. The van der Waals surface area contributed by atoms with Crippen molar-refractivity contribution in [3.8, 4) is 5.69 Å². The van der Waals surface area contributed by atoms with E-state index < -0.39 is 0 Å². The second-order valence-electron chi connectivity index (χ2n) is 4.86. The first kappa shape index (κ1) is 16.3. The smallest absolute Gasteiger partial charge is 0.233 e. The number of carbonyl (C=O) groups excluding carboxylic acids is 1. The molecule has 0 amide bonds. The third-order valence-corrected chi connectivity index (χ3v) is 4.41. The third-order valence-electron chi connectivity index (χ3n) is 3.09. The number of ketones is 1. The first-order chi connectivity index (χ1) is 11.6. The summed E-state index contributed by atoms with van der Waals surface area (Å²) in [4.78, 5) is 12.1. The molecule has 24 heavy (non-hydrogen) atoms. The van der Waals surface area contributed by atoms with Gasteiger partial charge in [-0.3, -0.25) is 4.79 Å². The summed E-state index contributed by atoms with van der Waals surface area (Å²) in [7, 11) is 0. The van der Waals surface area contributed by atoms with Crippen molar-refractivity contribution in [2.24, 2.45) is 10.2 Å². The fourth-order valence-corrected chi connectivity index (χ4v) is 2.92. The van der Waals surface area contributed by atoms with Gasteiger partial charge in [0, 0.05) is 6.92 Å². The Morgan fingerprint density at radius 3 is 2.58 bits per heavy atom. The van der Waals surface area contributed by atoms with Crippen molar-refractivity contribution >= 4 is 34.9 Å². The van der Waals surface area contributed by atoms with Crippen LogP contribution in [0.3, 0.4) is 0 Å². The van der Waals surface area contributed by atoms with E-state index in [0.29, 0.717) is 20.5 Å². The van der Waals surface area contributed by atoms with E-state index in [2.05, 4.69) is 15.3 Å². The van der Waals surface area contributed by atoms with Gasteiger partial charge in [0.15, 0.2) is 10.8 Å². The molecule has 0 radical (unpaired) electrons. The molecule has 0 saturated carbocycles. The second kappa shape index (κ2) is 7.33. The Kier molecular flexibility index (Phi) is 4.98. The van der Waals surface area contributed by atoms with E-state index in [-0.39, 0.29) is 5.78 Å². The number of halogens is 1. The first-order valence-corrected chi connectivity index (χ1v) is 8.33. The summed E-state index contributed by atoms with van der Waals surface area (Å²) in [6, 6.07) is 16.9. The van der Waals surface area contributed by atoms with Crippen molar-refractivity contribution in [1.82, 2.24) is 9.78 Å². The summed E-state index contributed by atoms with van der Waals surface area (Å²) < 4.78 is 1.53. The molecule has 1 heterocycles. The predicted molar refractivity (Wildman–Crippen MR) is 96.1 cm³/mol. The summed E-state index contributed by atoms with van der Waals surface area (Å²) in [6.45, 7) is 1.47. The van der Waals surface area contributed by atoms with Crippen molar-refractivity contribution in [3.63, 3.8) is 0 Å². The number of para-hydroxylation sites is 1. The van der Waals surface area contributed by atoms with Crippen LogP contribution in [0.1, 0.15) is 22.3 Å². The highest BCUT2D eigenvalue weighted by Gasteiger charge is 2.12. The van der Waals surface area contributed by atoms with Crippen molar-refractivity contribution in [2.75, 3.05) is 0 Å². The van der Waals surface area contributed by atoms with Crippen LogP contribution in [0.5, 0.6) is 0 Å². The van der Waals surface area contributed by atoms with E-state index in [1.54, 1.807) is 12.3 Å². The number of carbonyl (C=O) groups is 1. The first-order valence-electron chi connectivity index (χ1n) is 7.13. The molecule has 0 atom stereocenters. The molecule has 1 aromatic heterocycles. The Morgan fingerprint density at radius 2 is 1.88 bits per heavy atom. The zero-order valence-electron chi connectivity index (χ0n) is 12.8. The lowest BCUT2D eigenvalue weighted by molar-refractivity contribution is 0.101. The van der Waals surface area contributed by atoms with Crippen LogP contribution in [-0.4, -0.2) is 21.8 Å². The lowest BCUT2D eigenvalue weighted by Gasteiger charge is -2.02. The van der Waals surface area contributed by atoms with E-state index in [4.69, 9.17) is 11.6 Å². The summed E-state index contributed by atoms with van der Waals surface area (Å²) in [5, 5.41) is 13.5. The molecule has 0 fully saturated rings. The van der Waals surface area contributed by atoms with Crippen LogP contribution >= 0.6 is 22.9 Å². The number of rotatable bonds is 4. The molecule has 0 N–H and O–H groups in total. The van der Waals surface area contributed by atoms with Crippen LogP contribution in [-0.2, 0) is 0 Å². The van der Waals surface area contributed by atoms with Gasteiger partial charge in [-0.05, 0) is 17.7 Å². The number of benzene rings is 2. The minimum absolute atomic E-state index is 0.130. The molecular formula is C17H13ClN4OS. The zero-order chi connectivity index (χ0) is 16.9. The summed E-state index contributed by atoms with van der Waals surface area (Å²) in [5.41, 5.74) is 1.58. The van der Waals surface area contributed by atoms with E-state index in [0.717, 1.165) is 5.56 Å². The van der Waals surface area contributed by atoms with Gasteiger partial charge in [-0.15, -0.1) is 5.10 Å². The lowest BCUT2D eigenvalue weighted by atomic mass is 10.2. The summed E-state index contributed by atoms with van der Waals surface area (Å²) >= 11 is 7.40. The van der Waals surface area contributed by atoms with Gasteiger partial charge in [0.1, 0.15) is 0 Å². The minimum Gasteiger partial charge on any atom is -0.292 e. The number of Topliss-reactive ketones (excluding diaryl/α,β-unsaturated/α-hetero) is 1. The van der Waals surface area contributed by atoms with Crippen molar-refractivity contribution in [1.29, 1.82) is 0 Å². The van der Waals surface area contributed by atoms with Crippen LogP contribution < -0.4 is 4.80 Å². The fourth-order valence-electron chi connectivity index (χ4n) is 1.95. The molecule has 0 unspecified atom stereocenters. The molecule has 3 aromatic rings. The molecule has 0 saturated heterocycles. The Hall–Kier alpha value is -2.57. The molecule has 2 aromatic carbocycles. The molecule has 0 aliphatic heterocycles. The van der Waals surface area contributed by atoms with Crippen molar-refractivity contribution < 1.29 is 4.79 Å². The molecule has 7 heteroatoms. The average Bonchev–Trinajstić information content (AvgIpc) is 3.01. The summed E-state index contributed by atoms with van der Waals surface area (Å²) in [6.07, 6.45) is 1.64. The van der Waals surface area contributed by atoms with E-state index in [1.165, 1.54) is 22.9 Å². The second-order valence-corrected chi connectivity index (χ2v) is 6.23. The van der Waals surface area contributed by atoms with Crippen LogP contribution in [0.15, 0.2) is 64.8 Å². The molecule has 3 rings (SSSR count). The summed E-state index contributed by atoms with van der Waals surface area (Å²) in [5.74, 6) is -0.130. The number of aromatic nitrogens is 2. The molecule has 0 aliphatic rings. The quantitative estimate of drug-likeness (QED) is 0.406. The van der Waals surface area contributed by atoms with Crippen LogP contribution in [0.4, 0.5) is 0 Å². The van der Waals surface area contributed by atoms with Crippen LogP contribution in [0.2, 0.25) is 5.02 Å².